The van der Waals surface area contributed by atoms with Crippen molar-refractivity contribution in [2.45, 2.75) is 40.2 Å². The van der Waals surface area contributed by atoms with Gasteiger partial charge in [-0.15, -0.1) is 0 Å². The molecule has 1 atom stereocenters. The maximum Gasteiger partial charge on any atom is 0.237 e. The molecule has 1 amide bonds. The molecule has 0 rings (SSSR count). The molecular formula is C11H24N2O4S. The van der Waals surface area contributed by atoms with Gasteiger partial charge in [-0.25, -0.2) is 13.1 Å². The number of aliphatic hydroxyl groups excluding tert-OH is 1. The van der Waals surface area contributed by atoms with Crippen LogP contribution in [0.3, 0.4) is 0 Å². The Hall–Kier alpha value is -0.660. The van der Waals surface area contributed by atoms with Crippen molar-refractivity contribution in [3.63, 3.8) is 0 Å². The summed E-state index contributed by atoms with van der Waals surface area (Å²) < 4.78 is 25.3. The van der Waals surface area contributed by atoms with Gasteiger partial charge in [-0.1, -0.05) is 20.8 Å². The fourth-order valence-electron chi connectivity index (χ4n) is 1.19. The topological polar surface area (TPSA) is 95.5 Å². The lowest BCUT2D eigenvalue weighted by molar-refractivity contribution is -0.122. The van der Waals surface area contributed by atoms with Gasteiger partial charge in [-0.05, 0) is 13.3 Å². The maximum atomic E-state index is 11.7. The molecule has 0 saturated carbocycles. The number of nitrogens with one attached hydrogen (secondary N) is 2. The molecule has 0 radical (unpaired) electrons. The van der Waals surface area contributed by atoms with Gasteiger partial charge >= 0.3 is 0 Å². The van der Waals surface area contributed by atoms with Crippen molar-refractivity contribution in [2.75, 3.05) is 18.9 Å². The van der Waals surface area contributed by atoms with Crippen LogP contribution in [0.15, 0.2) is 0 Å². The summed E-state index contributed by atoms with van der Waals surface area (Å²) >= 11 is 0. The first-order chi connectivity index (χ1) is 8.13. The molecule has 0 aromatic carbocycles. The van der Waals surface area contributed by atoms with E-state index >= 15 is 0 Å². The lowest BCUT2D eigenvalue weighted by Gasteiger charge is -2.23. The Labute approximate surface area is 109 Å². The van der Waals surface area contributed by atoms with Crippen molar-refractivity contribution < 1.29 is 18.3 Å². The summed E-state index contributed by atoms with van der Waals surface area (Å²) in [7, 11) is -3.40. The van der Waals surface area contributed by atoms with Crippen LogP contribution in [0.5, 0.6) is 0 Å². The number of amides is 1. The third kappa shape index (κ3) is 6.93. The van der Waals surface area contributed by atoms with E-state index in [1.165, 1.54) is 6.92 Å². The van der Waals surface area contributed by atoms with E-state index in [0.717, 1.165) is 0 Å². The average Bonchev–Trinajstić information content (AvgIpc) is 2.25. The number of carbonyl (C=O) groups is 1. The molecule has 0 aromatic heterocycles. The van der Waals surface area contributed by atoms with Crippen LogP contribution in [0.2, 0.25) is 0 Å². The smallest absolute Gasteiger partial charge is 0.237 e. The monoisotopic (exact) mass is 280 g/mol. The summed E-state index contributed by atoms with van der Waals surface area (Å²) in [4.78, 5) is 11.7. The number of hydrogen-bond acceptors (Lipinski definition) is 4. The average molecular weight is 280 g/mol. The van der Waals surface area contributed by atoms with Crippen LogP contribution in [0.25, 0.3) is 0 Å². The molecule has 108 valence electrons. The van der Waals surface area contributed by atoms with Gasteiger partial charge in [-0.2, -0.15) is 0 Å². The second-order valence-electron chi connectivity index (χ2n) is 5.20. The zero-order valence-corrected chi connectivity index (χ0v) is 12.3. The van der Waals surface area contributed by atoms with E-state index in [4.69, 9.17) is 5.11 Å². The van der Waals surface area contributed by atoms with E-state index in [1.54, 1.807) is 20.8 Å². The van der Waals surface area contributed by atoms with Crippen molar-refractivity contribution in [2.24, 2.45) is 5.41 Å². The second kappa shape index (κ2) is 7.06. The molecule has 3 N–H and O–H groups in total. The molecule has 0 fully saturated rings. The molecule has 0 aliphatic carbocycles. The SMILES string of the molecule is CCCS(=O)(=O)NC(C)C(=O)NCC(C)(C)CO. The number of aliphatic hydroxyl groups is 1. The highest BCUT2D eigenvalue weighted by molar-refractivity contribution is 7.89. The minimum Gasteiger partial charge on any atom is -0.396 e. The Morgan fingerprint density at radius 3 is 2.39 bits per heavy atom. The first kappa shape index (κ1) is 17.3. The summed E-state index contributed by atoms with van der Waals surface area (Å²) in [6.45, 7) is 7.10. The first-order valence-corrected chi connectivity index (χ1v) is 7.67. The quantitative estimate of drug-likeness (QED) is 0.575. The van der Waals surface area contributed by atoms with Crippen LogP contribution < -0.4 is 10.0 Å². The predicted molar refractivity (Wildman–Crippen MR) is 70.6 cm³/mol. The Balaban J connectivity index is 4.28. The highest BCUT2D eigenvalue weighted by Crippen LogP contribution is 2.11. The van der Waals surface area contributed by atoms with E-state index in [0.29, 0.717) is 13.0 Å². The van der Waals surface area contributed by atoms with E-state index in [1.807, 2.05) is 0 Å². The minimum atomic E-state index is -3.40. The molecule has 0 spiro atoms. The summed E-state index contributed by atoms with van der Waals surface area (Å²) in [6.07, 6.45) is 0.501. The Morgan fingerprint density at radius 1 is 1.39 bits per heavy atom. The molecular weight excluding hydrogens is 256 g/mol. The molecule has 7 heteroatoms. The third-order valence-electron chi connectivity index (χ3n) is 2.39. The predicted octanol–water partition coefficient (Wildman–Crippen LogP) is -0.161. The van der Waals surface area contributed by atoms with Crippen molar-refractivity contribution in [1.29, 1.82) is 0 Å². The normalized spacial score (nSPS) is 14.3. The molecule has 0 aromatic rings. The second-order valence-corrected chi connectivity index (χ2v) is 7.07. The number of carbonyl (C=O) groups excluding carboxylic acids is 1. The van der Waals surface area contributed by atoms with Crippen LogP contribution in [0, 0.1) is 5.41 Å². The fraction of sp³-hybridized carbons (Fsp3) is 0.909. The lowest BCUT2D eigenvalue weighted by atomic mass is 9.95. The molecule has 0 heterocycles. The minimum absolute atomic E-state index is 0.00670. The highest BCUT2D eigenvalue weighted by Gasteiger charge is 2.22. The van der Waals surface area contributed by atoms with Crippen molar-refractivity contribution in [3.05, 3.63) is 0 Å². The standard InChI is InChI=1S/C11H24N2O4S/c1-5-6-18(16,17)13-9(2)10(15)12-7-11(3,4)8-14/h9,13-14H,5-8H2,1-4H3,(H,12,15). The van der Waals surface area contributed by atoms with Crippen LogP contribution in [0.4, 0.5) is 0 Å². The van der Waals surface area contributed by atoms with E-state index in [-0.39, 0.29) is 12.4 Å². The number of sulfonamides is 1. The largest absolute Gasteiger partial charge is 0.396 e. The summed E-state index contributed by atoms with van der Waals surface area (Å²) in [5, 5.41) is 11.7. The van der Waals surface area contributed by atoms with Gasteiger partial charge < -0.3 is 10.4 Å². The van der Waals surface area contributed by atoms with E-state index < -0.39 is 27.4 Å². The van der Waals surface area contributed by atoms with Gasteiger partial charge in [0, 0.05) is 18.6 Å². The molecule has 0 aliphatic rings. The van der Waals surface area contributed by atoms with E-state index in [9.17, 15) is 13.2 Å². The summed E-state index contributed by atoms with van der Waals surface area (Å²) in [5.41, 5.74) is -0.419. The molecule has 0 bridgehead atoms. The molecule has 0 aliphatic heterocycles. The Kier molecular flexibility index (Phi) is 6.80. The first-order valence-electron chi connectivity index (χ1n) is 6.02. The van der Waals surface area contributed by atoms with Crippen molar-refractivity contribution >= 4 is 15.9 Å². The molecule has 6 nitrogen and oxygen atoms in total. The van der Waals surface area contributed by atoms with Crippen LogP contribution in [0.1, 0.15) is 34.1 Å². The zero-order valence-electron chi connectivity index (χ0n) is 11.5. The van der Waals surface area contributed by atoms with Crippen LogP contribution in [-0.2, 0) is 14.8 Å². The molecule has 0 saturated heterocycles. The van der Waals surface area contributed by atoms with Gasteiger partial charge in [0.15, 0.2) is 0 Å². The third-order valence-corrected chi connectivity index (χ3v) is 4.05. The van der Waals surface area contributed by atoms with Gasteiger partial charge in [0.2, 0.25) is 15.9 Å². The van der Waals surface area contributed by atoms with Gasteiger partial charge in [0.05, 0.1) is 11.8 Å². The van der Waals surface area contributed by atoms with Crippen LogP contribution >= 0.6 is 0 Å². The lowest BCUT2D eigenvalue weighted by Crippen LogP contribution is -2.47. The Bertz CT molecular complexity index is 365. The van der Waals surface area contributed by atoms with Gasteiger partial charge in [0.25, 0.3) is 0 Å². The van der Waals surface area contributed by atoms with E-state index in [2.05, 4.69) is 10.0 Å². The number of hydrogen-bond donors (Lipinski definition) is 3. The summed E-state index contributed by atoms with van der Waals surface area (Å²) in [5.74, 6) is -0.386. The molecule has 18 heavy (non-hydrogen) atoms. The van der Waals surface area contributed by atoms with Crippen molar-refractivity contribution in [3.8, 4) is 0 Å². The highest BCUT2D eigenvalue weighted by atomic mass is 32.2. The van der Waals surface area contributed by atoms with Gasteiger partial charge in [0.1, 0.15) is 0 Å². The Morgan fingerprint density at radius 2 is 1.94 bits per heavy atom. The van der Waals surface area contributed by atoms with Crippen LogP contribution in [-0.4, -0.2) is 44.4 Å². The van der Waals surface area contributed by atoms with Gasteiger partial charge in [-0.3, -0.25) is 4.79 Å². The molecule has 1 unspecified atom stereocenters. The fourth-order valence-corrected chi connectivity index (χ4v) is 2.49. The maximum absolute atomic E-state index is 11.7. The zero-order chi connectivity index (χ0) is 14.4. The summed E-state index contributed by atoms with van der Waals surface area (Å²) in [6, 6.07) is -0.809. The number of rotatable bonds is 8. The van der Waals surface area contributed by atoms with Crippen molar-refractivity contribution in [1.82, 2.24) is 10.0 Å².